The monoisotopic (exact) mass is 555 g/mol. The Morgan fingerprint density at radius 1 is 0.350 bits per heavy atom. The fourth-order valence-electron chi connectivity index (χ4n) is 6.42. The molecule has 0 spiro atoms. The first-order valence-electron chi connectivity index (χ1n) is 18.9. The quantitative estimate of drug-likeness (QED) is 0.0777. The van der Waals surface area contributed by atoms with Crippen LogP contribution in [0.5, 0.6) is 0 Å². The summed E-state index contributed by atoms with van der Waals surface area (Å²) in [6.45, 7) is 4.69. The van der Waals surface area contributed by atoms with Gasteiger partial charge in [-0.1, -0.05) is 237 Å². The van der Waals surface area contributed by atoms with Crippen LogP contribution in [0.15, 0.2) is 30.3 Å². The molecule has 0 heteroatoms. The SMILES string of the molecule is CCCCCCCCCCCCCCCCCCCCCCCCCCCCCCCCC(C)c1ccccc1. The topological polar surface area (TPSA) is 0 Å². The van der Waals surface area contributed by atoms with Crippen LogP contribution >= 0.6 is 0 Å². The molecule has 1 atom stereocenters. The molecule has 0 fully saturated rings. The second-order valence-electron chi connectivity index (χ2n) is 13.4. The Hall–Kier alpha value is -0.780. The normalized spacial score (nSPS) is 12.2. The summed E-state index contributed by atoms with van der Waals surface area (Å²) in [6.07, 6.45) is 45.5. The van der Waals surface area contributed by atoms with Crippen LogP contribution in [-0.4, -0.2) is 0 Å². The van der Waals surface area contributed by atoms with Gasteiger partial charge in [0.15, 0.2) is 0 Å². The highest BCUT2D eigenvalue weighted by Crippen LogP contribution is 2.22. The zero-order valence-corrected chi connectivity index (χ0v) is 27.9. The molecule has 0 nitrogen and oxygen atoms in total. The average molecular weight is 555 g/mol. The first-order chi connectivity index (χ1) is 19.8. The third kappa shape index (κ3) is 26.1. The summed E-state index contributed by atoms with van der Waals surface area (Å²) in [7, 11) is 0. The van der Waals surface area contributed by atoms with E-state index in [4.69, 9.17) is 0 Å². The molecular formula is C40H74. The zero-order chi connectivity index (χ0) is 28.6. The van der Waals surface area contributed by atoms with Crippen LogP contribution < -0.4 is 0 Å². The minimum absolute atomic E-state index is 0.722. The zero-order valence-electron chi connectivity index (χ0n) is 27.9. The third-order valence-electron chi connectivity index (χ3n) is 9.36. The molecule has 0 amide bonds. The van der Waals surface area contributed by atoms with E-state index >= 15 is 0 Å². The number of rotatable bonds is 32. The van der Waals surface area contributed by atoms with E-state index in [0.717, 1.165) is 5.92 Å². The molecule has 0 radical (unpaired) electrons. The van der Waals surface area contributed by atoms with Crippen LogP contribution in [0.3, 0.4) is 0 Å². The van der Waals surface area contributed by atoms with Crippen molar-refractivity contribution >= 4 is 0 Å². The molecule has 0 aliphatic rings. The Kier molecular flexibility index (Phi) is 29.0. The van der Waals surface area contributed by atoms with Crippen molar-refractivity contribution in [1.29, 1.82) is 0 Å². The molecule has 0 N–H and O–H groups in total. The van der Waals surface area contributed by atoms with Crippen molar-refractivity contribution in [2.45, 2.75) is 219 Å². The highest BCUT2D eigenvalue weighted by atomic mass is 14.1. The highest BCUT2D eigenvalue weighted by molar-refractivity contribution is 5.18. The number of hydrogen-bond acceptors (Lipinski definition) is 0. The highest BCUT2D eigenvalue weighted by Gasteiger charge is 2.04. The third-order valence-corrected chi connectivity index (χ3v) is 9.36. The average Bonchev–Trinajstić information content (AvgIpc) is 2.98. The molecule has 234 valence electrons. The largest absolute Gasteiger partial charge is 0.0654 e. The second-order valence-corrected chi connectivity index (χ2v) is 13.4. The minimum atomic E-state index is 0.722. The van der Waals surface area contributed by atoms with Crippen LogP contribution in [0.25, 0.3) is 0 Å². The van der Waals surface area contributed by atoms with Crippen LogP contribution in [-0.2, 0) is 0 Å². The Morgan fingerprint density at radius 2 is 0.600 bits per heavy atom. The van der Waals surface area contributed by atoms with E-state index in [0.29, 0.717) is 0 Å². The molecule has 0 saturated heterocycles. The lowest BCUT2D eigenvalue weighted by molar-refractivity contribution is 0.511. The predicted molar refractivity (Wildman–Crippen MR) is 184 cm³/mol. The molecular weight excluding hydrogens is 480 g/mol. The van der Waals surface area contributed by atoms with Gasteiger partial charge in [-0.3, -0.25) is 0 Å². The standard InChI is InChI=1S/C40H74/c1-3-4-5-6-7-8-9-10-11-12-13-14-15-16-17-18-19-20-21-22-23-24-25-26-27-28-29-30-31-33-36-39(2)40-37-34-32-35-38-40/h32,34-35,37-39H,3-31,33,36H2,1-2H3. The summed E-state index contributed by atoms with van der Waals surface area (Å²) in [4.78, 5) is 0. The van der Waals surface area contributed by atoms with Gasteiger partial charge in [0.25, 0.3) is 0 Å². The Morgan fingerprint density at radius 3 is 0.875 bits per heavy atom. The first-order valence-corrected chi connectivity index (χ1v) is 18.9. The van der Waals surface area contributed by atoms with Gasteiger partial charge < -0.3 is 0 Å². The van der Waals surface area contributed by atoms with Gasteiger partial charge in [-0.25, -0.2) is 0 Å². The summed E-state index contributed by atoms with van der Waals surface area (Å²) >= 11 is 0. The van der Waals surface area contributed by atoms with Gasteiger partial charge in [-0.15, -0.1) is 0 Å². The van der Waals surface area contributed by atoms with E-state index in [1.807, 2.05) is 0 Å². The Bertz CT molecular complexity index is 575. The van der Waals surface area contributed by atoms with Gasteiger partial charge in [0, 0.05) is 0 Å². The van der Waals surface area contributed by atoms with Crippen molar-refractivity contribution in [1.82, 2.24) is 0 Å². The van der Waals surface area contributed by atoms with Crippen LogP contribution in [0.2, 0.25) is 0 Å². The van der Waals surface area contributed by atoms with Crippen molar-refractivity contribution in [2.24, 2.45) is 0 Å². The summed E-state index contributed by atoms with van der Waals surface area (Å²) in [6, 6.07) is 11.0. The molecule has 0 heterocycles. The summed E-state index contributed by atoms with van der Waals surface area (Å²) in [5.41, 5.74) is 1.51. The van der Waals surface area contributed by atoms with Gasteiger partial charge in [-0.2, -0.15) is 0 Å². The summed E-state index contributed by atoms with van der Waals surface area (Å²) in [5, 5.41) is 0. The maximum absolute atomic E-state index is 2.39. The fourth-order valence-corrected chi connectivity index (χ4v) is 6.42. The lowest BCUT2D eigenvalue weighted by Gasteiger charge is -2.11. The Balaban J connectivity index is 1.65. The van der Waals surface area contributed by atoms with Crippen LogP contribution in [0.4, 0.5) is 0 Å². The van der Waals surface area contributed by atoms with Gasteiger partial charge in [0.2, 0.25) is 0 Å². The van der Waals surface area contributed by atoms with Gasteiger partial charge in [-0.05, 0) is 17.9 Å². The molecule has 1 rings (SSSR count). The van der Waals surface area contributed by atoms with Crippen LogP contribution in [0, 0.1) is 0 Å². The molecule has 1 aromatic carbocycles. The van der Waals surface area contributed by atoms with Crippen molar-refractivity contribution < 1.29 is 0 Å². The van der Waals surface area contributed by atoms with Crippen molar-refractivity contribution in [3.8, 4) is 0 Å². The molecule has 1 unspecified atom stereocenters. The van der Waals surface area contributed by atoms with E-state index in [-0.39, 0.29) is 0 Å². The predicted octanol–water partition coefficient (Wildman–Crippen LogP) is 14.9. The molecule has 1 aromatic rings. The molecule has 0 aliphatic carbocycles. The van der Waals surface area contributed by atoms with Crippen molar-refractivity contribution in [3.63, 3.8) is 0 Å². The van der Waals surface area contributed by atoms with Gasteiger partial charge >= 0.3 is 0 Å². The van der Waals surface area contributed by atoms with Gasteiger partial charge in [0.1, 0.15) is 0 Å². The summed E-state index contributed by atoms with van der Waals surface area (Å²) in [5.74, 6) is 0.722. The lowest BCUT2D eigenvalue weighted by Crippen LogP contribution is -1.93. The van der Waals surface area contributed by atoms with E-state index in [1.165, 1.54) is 205 Å². The van der Waals surface area contributed by atoms with Crippen LogP contribution in [0.1, 0.15) is 224 Å². The molecule has 0 aliphatic heterocycles. The number of benzene rings is 1. The minimum Gasteiger partial charge on any atom is -0.0654 e. The Labute approximate surface area is 254 Å². The molecule has 0 aromatic heterocycles. The van der Waals surface area contributed by atoms with Gasteiger partial charge in [0.05, 0.1) is 0 Å². The van der Waals surface area contributed by atoms with E-state index in [1.54, 1.807) is 0 Å². The number of unbranched alkanes of at least 4 members (excludes halogenated alkanes) is 29. The summed E-state index contributed by atoms with van der Waals surface area (Å²) < 4.78 is 0. The lowest BCUT2D eigenvalue weighted by atomic mass is 9.95. The molecule has 0 bridgehead atoms. The fraction of sp³-hybridized carbons (Fsp3) is 0.850. The van der Waals surface area contributed by atoms with E-state index in [9.17, 15) is 0 Å². The number of hydrogen-bond donors (Lipinski definition) is 0. The van der Waals surface area contributed by atoms with Crippen molar-refractivity contribution in [3.05, 3.63) is 35.9 Å². The second kappa shape index (κ2) is 31.2. The van der Waals surface area contributed by atoms with E-state index < -0.39 is 0 Å². The smallest absolute Gasteiger partial charge is 0.0190 e. The molecule has 0 saturated carbocycles. The van der Waals surface area contributed by atoms with Crippen molar-refractivity contribution in [2.75, 3.05) is 0 Å². The maximum Gasteiger partial charge on any atom is -0.0190 e. The molecule has 40 heavy (non-hydrogen) atoms. The maximum atomic E-state index is 2.39. The first kappa shape index (κ1) is 37.2. The van der Waals surface area contributed by atoms with E-state index in [2.05, 4.69) is 44.2 Å².